The number of nitrogens with one attached hydrogen (secondary N) is 1. The van der Waals surface area contributed by atoms with Gasteiger partial charge in [0, 0.05) is 6.04 Å². The third kappa shape index (κ3) is 5.81. The van der Waals surface area contributed by atoms with Gasteiger partial charge in [0.2, 0.25) is 10.0 Å². The molecule has 2 aromatic carbocycles. The highest BCUT2D eigenvalue weighted by molar-refractivity contribution is 7.89. The number of hydrogen-bond donors (Lipinski definition) is 1. The van der Waals surface area contributed by atoms with Crippen molar-refractivity contribution in [3.63, 3.8) is 0 Å². The van der Waals surface area contributed by atoms with Crippen molar-refractivity contribution >= 4 is 22.1 Å². The molecule has 0 aliphatic heterocycles. The molecule has 172 valence electrons. The van der Waals surface area contributed by atoms with Gasteiger partial charge in [-0.1, -0.05) is 49.1 Å². The van der Waals surface area contributed by atoms with Crippen LogP contribution < -0.4 is 5.43 Å². The quantitative estimate of drug-likeness (QED) is 0.497. The van der Waals surface area contributed by atoms with Gasteiger partial charge in [-0.15, -0.1) is 0 Å². The molecule has 1 fully saturated rings. The fraction of sp³-hybridized carbons (Fsp3) is 0.417. The minimum Gasteiger partial charge on any atom is -0.272 e. The summed E-state index contributed by atoms with van der Waals surface area (Å²) in [6.07, 6.45) is 5.80. The molecule has 0 heterocycles. The zero-order chi connectivity index (χ0) is 23.3. The summed E-state index contributed by atoms with van der Waals surface area (Å²) in [6.45, 7) is 5.21. The lowest BCUT2D eigenvalue weighted by molar-refractivity contribution is -0.121. The van der Waals surface area contributed by atoms with Crippen molar-refractivity contribution in [2.45, 2.75) is 63.8 Å². The van der Waals surface area contributed by atoms with Crippen molar-refractivity contribution in [2.75, 3.05) is 6.54 Å². The number of carbonyl (C=O) groups is 1. The van der Waals surface area contributed by atoms with Gasteiger partial charge in [-0.05, 0) is 62.4 Å². The highest BCUT2D eigenvalue weighted by Gasteiger charge is 2.35. The molecule has 0 radical (unpaired) electrons. The molecule has 1 saturated carbocycles. The van der Waals surface area contributed by atoms with Crippen LogP contribution in [0.1, 0.15) is 54.4 Å². The second-order valence-corrected chi connectivity index (χ2v) is 10.2. The van der Waals surface area contributed by atoms with Crippen LogP contribution in [0.3, 0.4) is 0 Å². The molecule has 6 nitrogen and oxygen atoms in total. The number of halogens is 1. The number of hydrazone groups is 1. The van der Waals surface area contributed by atoms with E-state index in [0.717, 1.165) is 37.7 Å². The van der Waals surface area contributed by atoms with Gasteiger partial charge in [0.1, 0.15) is 5.82 Å². The summed E-state index contributed by atoms with van der Waals surface area (Å²) < 4.78 is 41.8. The minimum absolute atomic E-state index is 0.222. The Bertz CT molecular complexity index is 1070. The maximum atomic E-state index is 13.7. The molecule has 1 N–H and O–H groups in total. The van der Waals surface area contributed by atoms with Gasteiger partial charge in [-0.25, -0.2) is 18.2 Å². The van der Waals surface area contributed by atoms with Crippen LogP contribution in [-0.4, -0.2) is 37.4 Å². The average molecular weight is 460 g/mol. The van der Waals surface area contributed by atoms with E-state index in [4.69, 9.17) is 0 Å². The Morgan fingerprint density at radius 3 is 2.28 bits per heavy atom. The summed E-state index contributed by atoms with van der Waals surface area (Å²) in [5.74, 6) is -0.874. The van der Waals surface area contributed by atoms with Crippen LogP contribution in [0, 0.1) is 26.6 Å². The minimum atomic E-state index is -3.88. The first kappa shape index (κ1) is 24.1. The Morgan fingerprint density at radius 2 is 1.69 bits per heavy atom. The van der Waals surface area contributed by atoms with Crippen molar-refractivity contribution in [1.29, 1.82) is 0 Å². The maximum absolute atomic E-state index is 13.7. The molecule has 0 unspecified atom stereocenters. The monoisotopic (exact) mass is 459 g/mol. The fourth-order valence-electron chi connectivity index (χ4n) is 4.37. The van der Waals surface area contributed by atoms with Crippen LogP contribution in [0.5, 0.6) is 0 Å². The molecule has 3 rings (SSSR count). The number of benzene rings is 2. The topological polar surface area (TPSA) is 78.8 Å². The molecule has 2 aromatic rings. The number of amides is 1. The molecular weight excluding hydrogens is 429 g/mol. The highest BCUT2D eigenvalue weighted by Crippen LogP contribution is 2.31. The molecule has 0 atom stereocenters. The zero-order valence-corrected chi connectivity index (χ0v) is 19.6. The molecule has 0 aromatic heterocycles. The SMILES string of the molecule is Cc1cc(C)c(S(=O)(=O)N(CC(=O)NN=Cc2ccc(F)cc2)C2CCCCC2)c(C)c1. The van der Waals surface area contributed by atoms with Gasteiger partial charge < -0.3 is 0 Å². The van der Waals surface area contributed by atoms with Gasteiger partial charge in [0.15, 0.2) is 0 Å². The highest BCUT2D eigenvalue weighted by atomic mass is 32.2. The number of rotatable bonds is 7. The van der Waals surface area contributed by atoms with E-state index in [1.54, 1.807) is 13.8 Å². The predicted molar refractivity (Wildman–Crippen MR) is 124 cm³/mol. The van der Waals surface area contributed by atoms with Crippen LogP contribution in [0.25, 0.3) is 0 Å². The van der Waals surface area contributed by atoms with Gasteiger partial charge in [0.25, 0.3) is 5.91 Å². The molecule has 0 spiro atoms. The van der Waals surface area contributed by atoms with Crippen molar-refractivity contribution < 1.29 is 17.6 Å². The zero-order valence-electron chi connectivity index (χ0n) is 18.8. The molecule has 1 amide bonds. The van der Waals surface area contributed by atoms with E-state index in [1.807, 2.05) is 19.1 Å². The summed E-state index contributed by atoms with van der Waals surface area (Å²) in [7, 11) is -3.88. The Labute approximate surface area is 189 Å². The van der Waals surface area contributed by atoms with E-state index in [-0.39, 0.29) is 23.3 Å². The van der Waals surface area contributed by atoms with Gasteiger partial charge in [-0.2, -0.15) is 9.41 Å². The molecule has 0 bridgehead atoms. The smallest absolute Gasteiger partial charge is 0.255 e. The Morgan fingerprint density at radius 1 is 1.09 bits per heavy atom. The van der Waals surface area contributed by atoms with E-state index >= 15 is 0 Å². The third-order valence-corrected chi connectivity index (χ3v) is 7.93. The van der Waals surface area contributed by atoms with E-state index in [9.17, 15) is 17.6 Å². The predicted octanol–water partition coefficient (Wildman–Crippen LogP) is 4.22. The van der Waals surface area contributed by atoms with Crippen LogP contribution in [-0.2, 0) is 14.8 Å². The second-order valence-electron chi connectivity index (χ2n) is 8.41. The van der Waals surface area contributed by atoms with Crippen LogP contribution in [0.4, 0.5) is 4.39 Å². The Hall–Kier alpha value is -2.58. The number of hydrogen-bond acceptors (Lipinski definition) is 4. The summed E-state index contributed by atoms with van der Waals surface area (Å²) in [4.78, 5) is 12.9. The first-order valence-corrected chi connectivity index (χ1v) is 12.3. The summed E-state index contributed by atoms with van der Waals surface area (Å²) in [5, 5.41) is 3.90. The van der Waals surface area contributed by atoms with Crippen molar-refractivity contribution in [1.82, 2.24) is 9.73 Å². The fourth-order valence-corrected chi connectivity index (χ4v) is 6.43. The van der Waals surface area contributed by atoms with E-state index in [1.165, 1.54) is 34.8 Å². The lowest BCUT2D eigenvalue weighted by Gasteiger charge is -2.33. The Kier molecular flexibility index (Phi) is 7.79. The van der Waals surface area contributed by atoms with Crippen molar-refractivity contribution in [3.05, 3.63) is 64.5 Å². The van der Waals surface area contributed by atoms with E-state index in [0.29, 0.717) is 16.7 Å². The summed E-state index contributed by atoms with van der Waals surface area (Å²) >= 11 is 0. The lowest BCUT2D eigenvalue weighted by atomic mass is 9.95. The lowest BCUT2D eigenvalue weighted by Crippen LogP contribution is -2.46. The molecule has 32 heavy (non-hydrogen) atoms. The maximum Gasteiger partial charge on any atom is 0.255 e. The average Bonchev–Trinajstić information content (AvgIpc) is 2.73. The van der Waals surface area contributed by atoms with E-state index in [2.05, 4.69) is 10.5 Å². The third-order valence-electron chi connectivity index (χ3n) is 5.73. The Balaban J connectivity index is 1.83. The van der Waals surface area contributed by atoms with Crippen LogP contribution >= 0.6 is 0 Å². The van der Waals surface area contributed by atoms with Crippen molar-refractivity contribution in [3.8, 4) is 0 Å². The number of nitrogens with zero attached hydrogens (tertiary/aromatic N) is 2. The van der Waals surface area contributed by atoms with Gasteiger partial charge in [0.05, 0.1) is 17.7 Å². The molecule has 1 aliphatic carbocycles. The normalized spacial score (nSPS) is 15.4. The summed E-state index contributed by atoms with van der Waals surface area (Å²) in [6, 6.07) is 9.15. The molecule has 1 aliphatic rings. The van der Waals surface area contributed by atoms with Crippen molar-refractivity contribution in [2.24, 2.45) is 5.10 Å². The molecule has 8 heteroatoms. The molecule has 0 saturated heterocycles. The number of carbonyl (C=O) groups excluding carboxylic acids is 1. The standard InChI is InChI=1S/C24H30FN3O3S/c1-17-13-18(2)24(19(3)14-17)32(30,31)28(22-7-5-4-6-8-22)16-23(29)27-26-15-20-9-11-21(25)12-10-20/h9-15,22H,4-8,16H2,1-3H3,(H,27,29). The first-order chi connectivity index (χ1) is 15.2. The number of aryl methyl sites for hydroxylation is 3. The van der Waals surface area contributed by atoms with Crippen LogP contribution in [0.15, 0.2) is 46.4 Å². The largest absolute Gasteiger partial charge is 0.272 e. The first-order valence-electron chi connectivity index (χ1n) is 10.9. The second kappa shape index (κ2) is 10.4. The number of sulfonamides is 1. The van der Waals surface area contributed by atoms with Gasteiger partial charge in [-0.3, -0.25) is 4.79 Å². The van der Waals surface area contributed by atoms with Gasteiger partial charge >= 0.3 is 0 Å². The van der Waals surface area contributed by atoms with E-state index < -0.39 is 15.9 Å². The molecular formula is C24H30FN3O3S. The van der Waals surface area contributed by atoms with Crippen LogP contribution in [0.2, 0.25) is 0 Å². The summed E-state index contributed by atoms with van der Waals surface area (Å²) in [5.41, 5.74) is 5.38.